The molecule has 0 aromatic carbocycles. The number of carbonyl (C=O) groups is 1. The Labute approximate surface area is 135 Å². The fourth-order valence-electron chi connectivity index (χ4n) is 3.16. The topological polar surface area (TPSA) is 69.7 Å². The number of nitrogens with zero attached hydrogens (tertiary/aromatic N) is 2. The molecular weight excluding hydrogens is 318 g/mol. The fraction of sp³-hybridized carbons (Fsp3) is 0.929. The highest BCUT2D eigenvalue weighted by atomic mass is 32.2. The highest BCUT2D eigenvalue weighted by Crippen LogP contribution is 2.11. The maximum Gasteiger partial charge on any atom is 0.234 e. The van der Waals surface area contributed by atoms with Crippen molar-refractivity contribution in [3.05, 3.63) is 0 Å². The lowest BCUT2D eigenvalue weighted by Gasteiger charge is -2.37. The van der Waals surface area contributed by atoms with Gasteiger partial charge in [0.05, 0.1) is 26.1 Å². The molecule has 2 saturated heterocycles. The highest BCUT2D eigenvalue weighted by molar-refractivity contribution is 7.91. The van der Waals surface area contributed by atoms with Crippen LogP contribution in [-0.4, -0.2) is 88.6 Å². The van der Waals surface area contributed by atoms with E-state index in [4.69, 9.17) is 0 Å². The average Bonchev–Trinajstić information content (AvgIpc) is 2.69. The summed E-state index contributed by atoms with van der Waals surface area (Å²) in [5.74, 6) is 0.261. The third-order valence-electron chi connectivity index (χ3n) is 4.13. The molecule has 2 heterocycles. The molecule has 0 radical (unpaired) electrons. The standard InChI is InChI=1S/C14H29N3O3SSi/c1-22(2,3)12-17-7-5-16(6-8-17)10-14(18)15-13-4-9-21(19,20)11-13/h13H,4-12H2,1-3H3,(H,15,18). The molecule has 2 fully saturated rings. The number of carbonyl (C=O) groups excluding carboxylic acids is 1. The maximum atomic E-state index is 12.0. The Hall–Kier alpha value is -0.443. The number of nitrogens with one attached hydrogen (secondary N) is 1. The minimum Gasteiger partial charge on any atom is -0.351 e. The van der Waals surface area contributed by atoms with Crippen molar-refractivity contribution in [1.82, 2.24) is 15.1 Å². The molecule has 22 heavy (non-hydrogen) atoms. The number of hydrogen-bond donors (Lipinski definition) is 1. The number of hydrogen-bond acceptors (Lipinski definition) is 5. The summed E-state index contributed by atoms with van der Waals surface area (Å²) in [6, 6.07) is -0.189. The van der Waals surface area contributed by atoms with E-state index in [9.17, 15) is 13.2 Å². The molecule has 0 bridgehead atoms. The van der Waals surface area contributed by atoms with E-state index in [0.29, 0.717) is 13.0 Å². The Bertz CT molecular complexity index is 496. The summed E-state index contributed by atoms with van der Waals surface area (Å²) in [5.41, 5.74) is 0. The van der Waals surface area contributed by atoms with Gasteiger partial charge in [-0.25, -0.2) is 8.42 Å². The van der Waals surface area contributed by atoms with Crippen LogP contribution >= 0.6 is 0 Å². The highest BCUT2D eigenvalue weighted by Gasteiger charge is 2.29. The van der Waals surface area contributed by atoms with E-state index >= 15 is 0 Å². The van der Waals surface area contributed by atoms with Gasteiger partial charge in [0.15, 0.2) is 9.84 Å². The van der Waals surface area contributed by atoms with E-state index in [-0.39, 0.29) is 23.5 Å². The minimum atomic E-state index is -2.93. The molecular formula is C14H29N3O3SSi. The summed E-state index contributed by atoms with van der Waals surface area (Å²) in [5, 5.41) is 2.86. The molecule has 2 aliphatic rings. The maximum absolute atomic E-state index is 12.0. The van der Waals surface area contributed by atoms with Gasteiger partial charge >= 0.3 is 0 Å². The van der Waals surface area contributed by atoms with Crippen LogP contribution in [0.1, 0.15) is 6.42 Å². The minimum absolute atomic E-state index is 0.0410. The van der Waals surface area contributed by atoms with Crippen LogP contribution in [-0.2, 0) is 14.6 Å². The zero-order valence-electron chi connectivity index (χ0n) is 14.0. The van der Waals surface area contributed by atoms with Crippen molar-refractivity contribution >= 4 is 23.8 Å². The van der Waals surface area contributed by atoms with Gasteiger partial charge in [-0.3, -0.25) is 9.69 Å². The summed E-state index contributed by atoms with van der Waals surface area (Å²) in [6.45, 7) is 11.4. The first kappa shape index (κ1) is 17.9. The SMILES string of the molecule is C[Si](C)(C)CN1CCN(CC(=O)NC2CCS(=O)(=O)C2)CC1. The smallest absolute Gasteiger partial charge is 0.234 e. The van der Waals surface area contributed by atoms with E-state index in [1.165, 1.54) is 6.17 Å². The van der Waals surface area contributed by atoms with Crippen LogP contribution < -0.4 is 5.32 Å². The van der Waals surface area contributed by atoms with Gasteiger partial charge in [-0.1, -0.05) is 19.6 Å². The molecule has 1 amide bonds. The van der Waals surface area contributed by atoms with Gasteiger partial charge in [0.2, 0.25) is 5.91 Å². The molecule has 128 valence electrons. The van der Waals surface area contributed by atoms with E-state index in [1.807, 2.05) is 0 Å². The summed E-state index contributed by atoms with van der Waals surface area (Å²) < 4.78 is 22.8. The summed E-state index contributed by atoms with van der Waals surface area (Å²) in [4.78, 5) is 16.7. The lowest BCUT2D eigenvalue weighted by molar-refractivity contribution is -0.123. The summed E-state index contributed by atoms with van der Waals surface area (Å²) in [7, 11) is -4.00. The first-order valence-corrected chi connectivity index (χ1v) is 13.6. The van der Waals surface area contributed by atoms with E-state index in [2.05, 4.69) is 34.8 Å². The molecule has 0 aromatic rings. The van der Waals surface area contributed by atoms with Gasteiger partial charge in [-0.2, -0.15) is 0 Å². The van der Waals surface area contributed by atoms with Crippen LogP contribution in [0.3, 0.4) is 0 Å². The van der Waals surface area contributed by atoms with Crippen LogP contribution in [0.25, 0.3) is 0 Å². The molecule has 2 aliphatic heterocycles. The zero-order valence-corrected chi connectivity index (χ0v) is 15.8. The quantitative estimate of drug-likeness (QED) is 0.697. The lowest BCUT2D eigenvalue weighted by atomic mass is 10.2. The van der Waals surface area contributed by atoms with Gasteiger partial charge in [-0.15, -0.1) is 0 Å². The van der Waals surface area contributed by atoms with Gasteiger partial charge in [0, 0.05) is 32.2 Å². The van der Waals surface area contributed by atoms with E-state index in [1.54, 1.807) is 0 Å². The van der Waals surface area contributed by atoms with Gasteiger partial charge in [0.25, 0.3) is 0 Å². The Kier molecular flexibility index (Phi) is 5.68. The van der Waals surface area contributed by atoms with Crippen molar-refractivity contribution in [3.8, 4) is 0 Å². The Balaban J connectivity index is 1.69. The van der Waals surface area contributed by atoms with E-state index < -0.39 is 17.9 Å². The van der Waals surface area contributed by atoms with Crippen molar-refractivity contribution in [2.75, 3.05) is 50.4 Å². The number of piperazine rings is 1. The van der Waals surface area contributed by atoms with Crippen LogP contribution in [0.4, 0.5) is 0 Å². The Morgan fingerprint density at radius 1 is 1.14 bits per heavy atom. The zero-order chi connectivity index (χ0) is 16.4. The van der Waals surface area contributed by atoms with Crippen molar-refractivity contribution < 1.29 is 13.2 Å². The average molecular weight is 348 g/mol. The van der Waals surface area contributed by atoms with Crippen LogP contribution in [0.2, 0.25) is 19.6 Å². The molecule has 0 saturated carbocycles. The number of amides is 1. The number of sulfone groups is 1. The van der Waals surface area contributed by atoms with Gasteiger partial charge in [-0.05, 0) is 12.6 Å². The van der Waals surface area contributed by atoms with Gasteiger partial charge in [0.1, 0.15) is 0 Å². The van der Waals surface area contributed by atoms with Crippen LogP contribution in [0.5, 0.6) is 0 Å². The van der Waals surface area contributed by atoms with Gasteiger partial charge < -0.3 is 10.2 Å². The molecule has 0 aromatic heterocycles. The second-order valence-electron chi connectivity index (χ2n) is 7.78. The van der Waals surface area contributed by atoms with Crippen molar-refractivity contribution in [3.63, 3.8) is 0 Å². The molecule has 8 heteroatoms. The predicted octanol–water partition coefficient (Wildman–Crippen LogP) is -0.215. The molecule has 1 N–H and O–H groups in total. The van der Waals surface area contributed by atoms with Crippen molar-refractivity contribution in [2.24, 2.45) is 0 Å². The largest absolute Gasteiger partial charge is 0.351 e. The van der Waals surface area contributed by atoms with E-state index in [0.717, 1.165) is 26.2 Å². The predicted molar refractivity (Wildman–Crippen MR) is 91.4 cm³/mol. The second-order valence-corrected chi connectivity index (χ2v) is 15.4. The molecule has 1 atom stereocenters. The molecule has 0 aliphatic carbocycles. The normalized spacial score (nSPS) is 27.0. The Morgan fingerprint density at radius 3 is 2.23 bits per heavy atom. The Morgan fingerprint density at radius 2 is 1.73 bits per heavy atom. The number of rotatable bonds is 5. The first-order chi connectivity index (χ1) is 10.1. The monoisotopic (exact) mass is 347 g/mol. The lowest BCUT2D eigenvalue weighted by Crippen LogP contribution is -2.53. The molecule has 0 spiro atoms. The second kappa shape index (κ2) is 6.98. The van der Waals surface area contributed by atoms with Crippen molar-refractivity contribution in [2.45, 2.75) is 32.1 Å². The summed E-state index contributed by atoms with van der Waals surface area (Å²) in [6.07, 6.45) is 1.77. The third-order valence-corrected chi connectivity index (χ3v) is 7.29. The van der Waals surface area contributed by atoms with Crippen LogP contribution in [0.15, 0.2) is 0 Å². The first-order valence-electron chi connectivity index (χ1n) is 8.07. The van der Waals surface area contributed by atoms with Crippen LogP contribution in [0, 0.1) is 0 Å². The van der Waals surface area contributed by atoms with Crippen molar-refractivity contribution in [1.29, 1.82) is 0 Å². The summed E-state index contributed by atoms with van der Waals surface area (Å²) >= 11 is 0. The third kappa shape index (κ3) is 5.98. The molecule has 6 nitrogen and oxygen atoms in total. The molecule has 2 rings (SSSR count). The fourth-order valence-corrected chi connectivity index (χ4v) is 6.49. The molecule has 1 unspecified atom stereocenters.